The van der Waals surface area contributed by atoms with E-state index in [4.69, 9.17) is 4.98 Å². The van der Waals surface area contributed by atoms with E-state index in [0.29, 0.717) is 5.92 Å². The van der Waals surface area contributed by atoms with E-state index in [1.807, 2.05) is 25.5 Å². The summed E-state index contributed by atoms with van der Waals surface area (Å²) in [5.74, 6) is 0.626. The van der Waals surface area contributed by atoms with Crippen molar-refractivity contribution in [3.8, 4) is 10.6 Å². The summed E-state index contributed by atoms with van der Waals surface area (Å²) in [6.45, 7) is 7.46. The van der Waals surface area contributed by atoms with Gasteiger partial charge in [0.1, 0.15) is 5.01 Å². The Morgan fingerprint density at radius 3 is 2.79 bits per heavy atom. The summed E-state index contributed by atoms with van der Waals surface area (Å²) in [4.78, 5) is 10.4. The summed E-state index contributed by atoms with van der Waals surface area (Å²) >= 11 is 1.78. The zero-order chi connectivity index (χ0) is 13.8. The Balaban J connectivity index is 2.39. The molecule has 102 valence electrons. The van der Waals surface area contributed by atoms with Crippen LogP contribution in [0.1, 0.15) is 30.0 Å². The largest absolute Gasteiger partial charge is 0.315 e. The molecule has 0 fully saturated rings. The molecule has 0 unspecified atom stereocenters. The van der Waals surface area contributed by atoms with Gasteiger partial charge in [-0.25, -0.2) is 4.98 Å². The van der Waals surface area contributed by atoms with E-state index in [1.165, 1.54) is 16.1 Å². The summed E-state index contributed by atoms with van der Waals surface area (Å²) in [5.41, 5.74) is 3.61. The highest BCUT2D eigenvalue weighted by atomic mass is 32.1. The maximum absolute atomic E-state index is 4.84. The second-order valence-corrected chi connectivity index (χ2v) is 6.29. The third kappa shape index (κ3) is 3.39. The lowest BCUT2D eigenvalue weighted by Crippen LogP contribution is -2.07. The molecule has 0 aliphatic carbocycles. The van der Waals surface area contributed by atoms with Crippen LogP contribution in [0.4, 0.5) is 0 Å². The van der Waals surface area contributed by atoms with Crippen molar-refractivity contribution in [1.82, 2.24) is 15.3 Å². The molecule has 2 aromatic heterocycles. The lowest BCUT2D eigenvalue weighted by Gasteiger charge is -2.03. The number of nitrogens with zero attached hydrogens (tertiary/aromatic N) is 2. The standard InChI is InChI=1S/C15H21N3S/c1-10(2)7-13-14(9-16-4)19-15(18-13)12-8-17-6-5-11(12)3/h5-6,8,10,16H,7,9H2,1-4H3. The summed E-state index contributed by atoms with van der Waals surface area (Å²) in [6.07, 6.45) is 4.78. The van der Waals surface area contributed by atoms with Crippen molar-refractivity contribution in [3.63, 3.8) is 0 Å². The van der Waals surface area contributed by atoms with Crippen LogP contribution in [0, 0.1) is 12.8 Å². The van der Waals surface area contributed by atoms with Crippen molar-refractivity contribution in [1.29, 1.82) is 0 Å². The van der Waals surface area contributed by atoms with Crippen molar-refractivity contribution in [2.75, 3.05) is 7.05 Å². The fourth-order valence-corrected chi connectivity index (χ4v) is 3.21. The summed E-state index contributed by atoms with van der Waals surface area (Å²) in [6, 6.07) is 2.04. The van der Waals surface area contributed by atoms with E-state index in [-0.39, 0.29) is 0 Å². The van der Waals surface area contributed by atoms with Crippen LogP contribution in [-0.2, 0) is 13.0 Å². The zero-order valence-electron chi connectivity index (χ0n) is 12.0. The second kappa shape index (κ2) is 6.26. The van der Waals surface area contributed by atoms with Gasteiger partial charge >= 0.3 is 0 Å². The first-order chi connectivity index (χ1) is 9.11. The van der Waals surface area contributed by atoms with Gasteiger partial charge in [0.25, 0.3) is 0 Å². The van der Waals surface area contributed by atoms with Crippen LogP contribution in [-0.4, -0.2) is 17.0 Å². The molecule has 19 heavy (non-hydrogen) atoms. The number of aryl methyl sites for hydroxylation is 1. The molecule has 2 heterocycles. The van der Waals surface area contributed by atoms with Crippen LogP contribution in [0.2, 0.25) is 0 Å². The van der Waals surface area contributed by atoms with E-state index in [1.54, 1.807) is 11.3 Å². The molecule has 0 spiro atoms. The van der Waals surface area contributed by atoms with Gasteiger partial charge in [-0.1, -0.05) is 13.8 Å². The van der Waals surface area contributed by atoms with E-state index in [9.17, 15) is 0 Å². The minimum absolute atomic E-state index is 0.626. The van der Waals surface area contributed by atoms with Gasteiger partial charge in [-0.3, -0.25) is 4.98 Å². The quantitative estimate of drug-likeness (QED) is 0.908. The topological polar surface area (TPSA) is 37.8 Å². The number of hydrogen-bond acceptors (Lipinski definition) is 4. The van der Waals surface area contributed by atoms with Crippen molar-refractivity contribution < 1.29 is 0 Å². The van der Waals surface area contributed by atoms with Gasteiger partial charge in [0.15, 0.2) is 0 Å². The van der Waals surface area contributed by atoms with Crippen molar-refractivity contribution in [2.45, 2.75) is 33.7 Å². The minimum atomic E-state index is 0.626. The number of hydrogen-bond donors (Lipinski definition) is 1. The Morgan fingerprint density at radius 2 is 2.16 bits per heavy atom. The van der Waals surface area contributed by atoms with Gasteiger partial charge in [-0.05, 0) is 37.9 Å². The predicted octanol–water partition coefficient (Wildman–Crippen LogP) is 3.43. The van der Waals surface area contributed by atoms with E-state index >= 15 is 0 Å². The van der Waals surface area contributed by atoms with Crippen LogP contribution in [0.15, 0.2) is 18.5 Å². The third-order valence-corrected chi connectivity index (χ3v) is 4.12. The molecule has 3 nitrogen and oxygen atoms in total. The first-order valence-corrected chi connectivity index (χ1v) is 7.47. The Morgan fingerprint density at radius 1 is 1.37 bits per heavy atom. The second-order valence-electron chi connectivity index (χ2n) is 5.21. The molecule has 0 saturated heterocycles. The Labute approximate surface area is 119 Å². The van der Waals surface area contributed by atoms with E-state index in [2.05, 4.69) is 31.1 Å². The van der Waals surface area contributed by atoms with E-state index < -0.39 is 0 Å². The average molecular weight is 275 g/mol. The Kier molecular flexibility index (Phi) is 4.66. The number of rotatable bonds is 5. The first kappa shape index (κ1) is 14.2. The average Bonchev–Trinajstić information content (AvgIpc) is 2.72. The molecule has 0 aliphatic rings. The van der Waals surface area contributed by atoms with Gasteiger partial charge in [0.2, 0.25) is 0 Å². The van der Waals surface area contributed by atoms with Gasteiger partial charge in [-0.2, -0.15) is 0 Å². The fraction of sp³-hybridized carbons (Fsp3) is 0.467. The van der Waals surface area contributed by atoms with Crippen molar-refractivity contribution in [2.24, 2.45) is 5.92 Å². The van der Waals surface area contributed by atoms with Gasteiger partial charge in [0.05, 0.1) is 5.69 Å². The maximum atomic E-state index is 4.84. The predicted molar refractivity (Wildman–Crippen MR) is 81.4 cm³/mol. The molecule has 2 rings (SSSR count). The normalized spacial score (nSPS) is 11.2. The van der Waals surface area contributed by atoms with Gasteiger partial charge in [-0.15, -0.1) is 11.3 Å². The minimum Gasteiger partial charge on any atom is -0.315 e. The van der Waals surface area contributed by atoms with Crippen LogP contribution in [0.3, 0.4) is 0 Å². The highest BCUT2D eigenvalue weighted by Crippen LogP contribution is 2.30. The van der Waals surface area contributed by atoms with E-state index in [0.717, 1.165) is 23.5 Å². The monoisotopic (exact) mass is 275 g/mol. The molecule has 4 heteroatoms. The fourth-order valence-electron chi connectivity index (χ4n) is 2.03. The highest BCUT2D eigenvalue weighted by molar-refractivity contribution is 7.15. The molecule has 1 N–H and O–H groups in total. The lowest BCUT2D eigenvalue weighted by molar-refractivity contribution is 0.631. The molecular formula is C15H21N3S. The molecule has 0 atom stereocenters. The highest BCUT2D eigenvalue weighted by Gasteiger charge is 2.14. The van der Waals surface area contributed by atoms with Crippen molar-refractivity contribution >= 4 is 11.3 Å². The van der Waals surface area contributed by atoms with Crippen LogP contribution < -0.4 is 5.32 Å². The number of pyridine rings is 1. The number of aromatic nitrogens is 2. The Hall–Kier alpha value is -1.26. The lowest BCUT2D eigenvalue weighted by atomic mass is 10.1. The Bertz CT molecular complexity index is 546. The molecule has 2 aromatic rings. The maximum Gasteiger partial charge on any atom is 0.125 e. The third-order valence-electron chi connectivity index (χ3n) is 2.99. The first-order valence-electron chi connectivity index (χ1n) is 6.66. The van der Waals surface area contributed by atoms with Crippen LogP contribution in [0.25, 0.3) is 10.6 Å². The molecule has 0 aliphatic heterocycles. The zero-order valence-corrected chi connectivity index (χ0v) is 12.8. The SMILES string of the molecule is CNCc1sc(-c2cnccc2C)nc1CC(C)C. The summed E-state index contributed by atoms with van der Waals surface area (Å²) in [7, 11) is 1.98. The molecule has 0 amide bonds. The van der Waals surface area contributed by atoms with Crippen molar-refractivity contribution in [3.05, 3.63) is 34.6 Å². The van der Waals surface area contributed by atoms with Gasteiger partial charge < -0.3 is 5.32 Å². The summed E-state index contributed by atoms with van der Waals surface area (Å²) in [5, 5.41) is 4.32. The summed E-state index contributed by atoms with van der Waals surface area (Å²) < 4.78 is 0. The van der Waals surface area contributed by atoms with Crippen LogP contribution in [0.5, 0.6) is 0 Å². The van der Waals surface area contributed by atoms with Gasteiger partial charge in [0, 0.05) is 29.4 Å². The molecule has 0 aromatic carbocycles. The molecule has 0 bridgehead atoms. The molecular weight excluding hydrogens is 254 g/mol. The molecule has 0 saturated carbocycles. The number of nitrogens with one attached hydrogen (secondary N) is 1. The number of thiazole rings is 1. The smallest absolute Gasteiger partial charge is 0.125 e. The molecule has 0 radical (unpaired) electrons. The van der Waals surface area contributed by atoms with Crippen LogP contribution >= 0.6 is 11.3 Å².